The zero-order valence-electron chi connectivity index (χ0n) is 13.5. The first kappa shape index (κ1) is 16.7. The maximum atomic E-state index is 12.5. The molecule has 0 aliphatic heterocycles. The zero-order chi connectivity index (χ0) is 17.4. The van der Waals surface area contributed by atoms with Gasteiger partial charge in [-0.3, -0.25) is 9.59 Å². The number of aryl methyl sites for hydroxylation is 1. The van der Waals surface area contributed by atoms with E-state index in [0.29, 0.717) is 16.2 Å². The highest BCUT2D eigenvalue weighted by molar-refractivity contribution is 7.99. The van der Waals surface area contributed by atoms with E-state index in [9.17, 15) is 9.59 Å². The molecule has 3 aromatic heterocycles. The molecule has 1 amide bonds. The summed E-state index contributed by atoms with van der Waals surface area (Å²) >= 11 is 4.22. The first-order valence-corrected chi connectivity index (χ1v) is 10.6. The van der Waals surface area contributed by atoms with E-state index in [4.69, 9.17) is 0 Å². The van der Waals surface area contributed by atoms with Crippen LogP contribution < -0.4 is 10.9 Å². The van der Waals surface area contributed by atoms with Crippen LogP contribution in [0.15, 0.2) is 21.5 Å². The number of amides is 1. The van der Waals surface area contributed by atoms with E-state index in [0.717, 1.165) is 29.5 Å². The number of anilines is 1. The Morgan fingerprint density at radius 3 is 3.20 bits per heavy atom. The SMILES string of the molecule is C[C@@H]1CCc2c(sc3nc(SCC(=O)Nc4nccs4)[nH]c(=O)c23)C1. The van der Waals surface area contributed by atoms with E-state index < -0.39 is 0 Å². The summed E-state index contributed by atoms with van der Waals surface area (Å²) in [5.41, 5.74) is 1.07. The Morgan fingerprint density at radius 2 is 2.40 bits per heavy atom. The van der Waals surface area contributed by atoms with E-state index in [2.05, 4.69) is 27.2 Å². The predicted octanol–water partition coefficient (Wildman–Crippen LogP) is 3.30. The summed E-state index contributed by atoms with van der Waals surface area (Å²) in [7, 11) is 0. The highest BCUT2D eigenvalue weighted by atomic mass is 32.2. The summed E-state index contributed by atoms with van der Waals surface area (Å²) in [6, 6.07) is 0. The van der Waals surface area contributed by atoms with Crippen LogP contribution in [-0.4, -0.2) is 26.6 Å². The molecule has 0 saturated heterocycles. The van der Waals surface area contributed by atoms with Crippen LogP contribution in [0.2, 0.25) is 0 Å². The molecule has 0 unspecified atom stereocenters. The fourth-order valence-electron chi connectivity index (χ4n) is 2.97. The van der Waals surface area contributed by atoms with Crippen LogP contribution in [0, 0.1) is 5.92 Å². The third-order valence-corrected chi connectivity index (χ3v) is 6.87. The lowest BCUT2D eigenvalue weighted by molar-refractivity contribution is -0.113. The van der Waals surface area contributed by atoms with Crippen molar-refractivity contribution in [2.24, 2.45) is 5.92 Å². The second-order valence-corrected chi connectivity index (χ2v) is 9.02. The van der Waals surface area contributed by atoms with Gasteiger partial charge in [0.05, 0.1) is 11.1 Å². The number of H-pyrrole nitrogens is 1. The molecule has 0 spiro atoms. The summed E-state index contributed by atoms with van der Waals surface area (Å²) < 4.78 is 0. The molecule has 3 heterocycles. The monoisotopic (exact) mass is 392 g/mol. The zero-order valence-corrected chi connectivity index (χ0v) is 15.9. The van der Waals surface area contributed by atoms with Crippen molar-refractivity contribution in [3.8, 4) is 0 Å². The number of nitrogens with one attached hydrogen (secondary N) is 2. The molecule has 0 bridgehead atoms. The van der Waals surface area contributed by atoms with Crippen molar-refractivity contribution in [3.63, 3.8) is 0 Å². The minimum atomic E-state index is -0.165. The third-order valence-electron chi connectivity index (χ3n) is 4.16. The van der Waals surface area contributed by atoms with E-state index in [1.165, 1.54) is 33.5 Å². The Labute approximate surface area is 156 Å². The largest absolute Gasteiger partial charge is 0.301 e. The number of carbonyl (C=O) groups is 1. The molecule has 1 atom stereocenters. The minimum absolute atomic E-state index is 0.0973. The molecule has 6 nitrogen and oxygen atoms in total. The molecule has 1 aliphatic rings. The van der Waals surface area contributed by atoms with Crippen LogP contribution in [0.1, 0.15) is 23.8 Å². The molecule has 0 aromatic carbocycles. The minimum Gasteiger partial charge on any atom is -0.301 e. The van der Waals surface area contributed by atoms with Gasteiger partial charge in [0.2, 0.25) is 5.91 Å². The van der Waals surface area contributed by atoms with Gasteiger partial charge in [0.15, 0.2) is 10.3 Å². The Balaban J connectivity index is 1.53. The summed E-state index contributed by atoms with van der Waals surface area (Å²) in [5.74, 6) is 0.668. The lowest BCUT2D eigenvalue weighted by Gasteiger charge is -2.17. The Bertz CT molecular complexity index is 977. The number of hydrogen-bond donors (Lipinski definition) is 2. The lowest BCUT2D eigenvalue weighted by atomic mass is 9.89. The predicted molar refractivity (Wildman–Crippen MR) is 103 cm³/mol. The van der Waals surface area contributed by atoms with E-state index in [1.807, 2.05) is 0 Å². The van der Waals surface area contributed by atoms with E-state index in [1.54, 1.807) is 22.9 Å². The molecule has 4 rings (SSSR count). The number of aromatic amines is 1. The van der Waals surface area contributed by atoms with Crippen molar-refractivity contribution >= 4 is 55.7 Å². The van der Waals surface area contributed by atoms with Crippen molar-refractivity contribution in [3.05, 3.63) is 32.4 Å². The second kappa shape index (κ2) is 6.89. The maximum Gasteiger partial charge on any atom is 0.260 e. The van der Waals surface area contributed by atoms with E-state index in [-0.39, 0.29) is 17.2 Å². The van der Waals surface area contributed by atoms with Crippen LogP contribution in [-0.2, 0) is 17.6 Å². The van der Waals surface area contributed by atoms with Crippen LogP contribution in [0.4, 0.5) is 5.13 Å². The average Bonchev–Trinajstić information content (AvgIpc) is 3.19. The van der Waals surface area contributed by atoms with E-state index >= 15 is 0 Å². The molecular weight excluding hydrogens is 376 g/mol. The summed E-state index contributed by atoms with van der Waals surface area (Å²) in [6.07, 6.45) is 4.73. The van der Waals surface area contributed by atoms with Gasteiger partial charge in [0.1, 0.15) is 4.83 Å². The maximum absolute atomic E-state index is 12.5. The summed E-state index contributed by atoms with van der Waals surface area (Å²) in [6.45, 7) is 2.24. The Hall–Kier alpha value is -1.71. The number of carbonyl (C=O) groups excluding carboxylic acids is 1. The quantitative estimate of drug-likeness (QED) is 0.525. The van der Waals surface area contributed by atoms with Gasteiger partial charge in [0, 0.05) is 16.5 Å². The number of hydrogen-bond acceptors (Lipinski definition) is 7. The van der Waals surface area contributed by atoms with Crippen LogP contribution >= 0.6 is 34.4 Å². The summed E-state index contributed by atoms with van der Waals surface area (Å²) in [4.78, 5) is 37.9. The van der Waals surface area contributed by atoms with Crippen molar-refractivity contribution < 1.29 is 4.79 Å². The number of aromatic nitrogens is 3. The van der Waals surface area contributed by atoms with Gasteiger partial charge >= 0.3 is 0 Å². The fraction of sp³-hybridized carbons (Fsp3) is 0.375. The van der Waals surface area contributed by atoms with Crippen LogP contribution in [0.5, 0.6) is 0 Å². The van der Waals surface area contributed by atoms with Gasteiger partial charge in [-0.25, -0.2) is 9.97 Å². The highest BCUT2D eigenvalue weighted by Crippen LogP contribution is 2.36. The second-order valence-electron chi connectivity index (χ2n) is 6.08. The van der Waals surface area contributed by atoms with Crippen molar-refractivity contribution in [1.29, 1.82) is 0 Å². The third kappa shape index (κ3) is 3.49. The lowest BCUT2D eigenvalue weighted by Crippen LogP contribution is -2.16. The molecular formula is C16H16N4O2S3. The van der Waals surface area contributed by atoms with Crippen molar-refractivity contribution in [1.82, 2.24) is 15.0 Å². The number of thioether (sulfide) groups is 1. The van der Waals surface area contributed by atoms with Gasteiger partial charge in [0.25, 0.3) is 5.56 Å². The molecule has 3 aromatic rings. The van der Waals surface area contributed by atoms with Gasteiger partial charge < -0.3 is 10.3 Å². The average molecular weight is 393 g/mol. The van der Waals surface area contributed by atoms with Gasteiger partial charge in [-0.2, -0.15) is 0 Å². The number of fused-ring (bicyclic) bond motifs is 3. The Kier molecular flexibility index (Phi) is 4.61. The fourth-order valence-corrected chi connectivity index (χ4v) is 5.62. The number of thiophene rings is 1. The summed E-state index contributed by atoms with van der Waals surface area (Å²) in [5, 5.41) is 6.32. The molecule has 9 heteroatoms. The first-order valence-electron chi connectivity index (χ1n) is 7.97. The number of rotatable bonds is 4. The standard InChI is InChI=1S/C16H16N4O2S3/c1-8-2-3-9-10(6-8)25-14-12(9)13(22)19-16(20-14)24-7-11(21)18-15-17-4-5-23-15/h4-5,8H,2-3,6-7H2,1H3,(H,17,18,21)(H,19,20,22)/t8-/m1/s1. The topological polar surface area (TPSA) is 87.7 Å². The van der Waals surface area contributed by atoms with Gasteiger partial charge in [-0.15, -0.1) is 22.7 Å². The number of thiazole rings is 1. The molecule has 1 aliphatic carbocycles. The normalized spacial score (nSPS) is 16.8. The molecule has 0 saturated carbocycles. The molecule has 130 valence electrons. The van der Waals surface area contributed by atoms with Crippen molar-refractivity contribution in [2.45, 2.75) is 31.3 Å². The van der Waals surface area contributed by atoms with Gasteiger partial charge in [-0.05, 0) is 30.7 Å². The number of nitrogens with zero attached hydrogens (tertiary/aromatic N) is 2. The first-order chi connectivity index (χ1) is 12.1. The molecule has 2 N–H and O–H groups in total. The van der Waals surface area contributed by atoms with Crippen LogP contribution in [0.3, 0.4) is 0 Å². The van der Waals surface area contributed by atoms with Crippen molar-refractivity contribution in [2.75, 3.05) is 11.1 Å². The molecule has 25 heavy (non-hydrogen) atoms. The smallest absolute Gasteiger partial charge is 0.260 e. The molecule has 0 radical (unpaired) electrons. The van der Waals surface area contributed by atoms with Gasteiger partial charge in [-0.1, -0.05) is 18.7 Å². The Morgan fingerprint density at radius 1 is 1.52 bits per heavy atom. The molecule has 0 fully saturated rings. The highest BCUT2D eigenvalue weighted by Gasteiger charge is 2.23. The van der Waals surface area contributed by atoms with Crippen LogP contribution in [0.25, 0.3) is 10.2 Å².